The van der Waals surface area contributed by atoms with Gasteiger partial charge in [0.25, 0.3) is 0 Å². The largest absolute Gasteiger partial charge is 0.270 e. The Hall–Kier alpha value is -1.31. The van der Waals surface area contributed by atoms with Crippen LogP contribution < -0.4 is 11.3 Å². The number of nitrogens with zero attached hydrogens (tertiary/aromatic N) is 4. The maximum absolute atomic E-state index is 5.66. The van der Waals surface area contributed by atoms with Gasteiger partial charge in [-0.3, -0.25) is 10.5 Å². The molecule has 1 atom stereocenters. The van der Waals surface area contributed by atoms with E-state index in [1.807, 2.05) is 10.7 Å². The van der Waals surface area contributed by atoms with Crippen molar-refractivity contribution in [1.82, 2.24) is 25.2 Å². The van der Waals surface area contributed by atoms with Crippen molar-refractivity contribution >= 4 is 15.9 Å². The van der Waals surface area contributed by atoms with Crippen molar-refractivity contribution in [3.63, 3.8) is 0 Å². The first-order chi connectivity index (χ1) is 8.65. The Labute approximate surface area is 114 Å². The molecule has 0 amide bonds. The van der Waals surface area contributed by atoms with Crippen LogP contribution in [0.4, 0.5) is 0 Å². The standard InChI is InChI=1S/C11H15BrN6/c1-7(2)18-11(8(12)5-16-18)10(17-13)9-3-4-14-6-15-9/h3-7,10,17H,13H2,1-2H3. The molecule has 0 spiro atoms. The van der Waals surface area contributed by atoms with E-state index in [1.165, 1.54) is 6.33 Å². The smallest absolute Gasteiger partial charge is 0.115 e. The molecule has 96 valence electrons. The molecule has 2 aromatic rings. The molecule has 0 saturated carbocycles. The topological polar surface area (TPSA) is 81.7 Å². The number of hydrogen-bond acceptors (Lipinski definition) is 5. The molecule has 2 heterocycles. The number of hydrazine groups is 1. The summed E-state index contributed by atoms with van der Waals surface area (Å²) in [6.45, 7) is 4.13. The van der Waals surface area contributed by atoms with Crippen LogP contribution in [0.3, 0.4) is 0 Å². The van der Waals surface area contributed by atoms with E-state index in [9.17, 15) is 0 Å². The van der Waals surface area contributed by atoms with Crippen molar-refractivity contribution in [2.45, 2.75) is 25.9 Å². The van der Waals surface area contributed by atoms with E-state index in [1.54, 1.807) is 12.4 Å². The second-order valence-corrected chi connectivity index (χ2v) is 5.00. The summed E-state index contributed by atoms with van der Waals surface area (Å²) in [4.78, 5) is 8.14. The van der Waals surface area contributed by atoms with Crippen LogP contribution in [-0.2, 0) is 0 Å². The van der Waals surface area contributed by atoms with E-state index in [2.05, 4.69) is 50.3 Å². The first kappa shape index (κ1) is 13.1. The van der Waals surface area contributed by atoms with E-state index in [-0.39, 0.29) is 12.1 Å². The fraction of sp³-hybridized carbons (Fsp3) is 0.364. The minimum absolute atomic E-state index is 0.229. The van der Waals surface area contributed by atoms with Gasteiger partial charge in [-0.15, -0.1) is 0 Å². The highest BCUT2D eigenvalue weighted by Gasteiger charge is 2.22. The lowest BCUT2D eigenvalue weighted by molar-refractivity contribution is 0.471. The summed E-state index contributed by atoms with van der Waals surface area (Å²) in [5.41, 5.74) is 4.53. The van der Waals surface area contributed by atoms with Gasteiger partial charge in [0.1, 0.15) is 12.4 Å². The van der Waals surface area contributed by atoms with Gasteiger partial charge in [0.2, 0.25) is 0 Å². The average Bonchev–Trinajstić information content (AvgIpc) is 2.74. The third-order valence-corrected chi connectivity index (χ3v) is 3.23. The number of nitrogens with one attached hydrogen (secondary N) is 1. The third kappa shape index (κ3) is 2.43. The Morgan fingerprint density at radius 3 is 2.78 bits per heavy atom. The van der Waals surface area contributed by atoms with Crippen LogP contribution in [0, 0.1) is 0 Å². The van der Waals surface area contributed by atoms with E-state index in [0.29, 0.717) is 0 Å². The van der Waals surface area contributed by atoms with E-state index in [0.717, 1.165) is 15.9 Å². The molecular formula is C11H15BrN6. The maximum Gasteiger partial charge on any atom is 0.115 e. The molecule has 2 rings (SSSR count). The SMILES string of the molecule is CC(C)n1ncc(Br)c1C(NN)c1ccncn1. The van der Waals surface area contributed by atoms with Crippen LogP contribution in [0.5, 0.6) is 0 Å². The normalized spacial score (nSPS) is 12.9. The van der Waals surface area contributed by atoms with Crippen molar-refractivity contribution in [2.24, 2.45) is 5.84 Å². The zero-order valence-corrected chi connectivity index (χ0v) is 11.8. The number of hydrogen-bond donors (Lipinski definition) is 2. The average molecular weight is 311 g/mol. The van der Waals surface area contributed by atoms with Crippen LogP contribution in [0.2, 0.25) is 0 Å². The summed E-state index contributed by atoms with van der Waals surface area (Å²) in [6, 6.07) is 1.84. The molecule has 0 aliphatic carbocycles. The molecule has 7 heteroatoms. The van der Waals surface area contributed by atoms with Crippen LogP contribution in [-0.4, -0.2) is 19.7 Å². The zero-order valence-electron chi connectivity index (χ0n) is 10.2. The zero-order chi connectivity index (χ0) is 13.1. The first-order valence-electron chi connectivity index (χ1n) is 5.60. The lowest BCUT2D eigenvalue weighted by Gasteiger charge is -2.19. The van der Waals surface area contributed by atoms with Gasteiger partial charge in [0.05, 0.1) is 22.1 Å². The molecule has 0 bridgehead atoms. The summed E-state index contributed by atoms with van der Waals surface area (Å²) in [6.07, 6.45) is 4.96. The molecule has 3 N–H and O–H groups in total. The van der Waals surface area contributed by atoms with Gasteiger partial charge in [-0.25, -0.2) is 15.4 Å². The second-order valence-electron chi connectivity index (χ2n) is 4.15. The number of halogens is 1. The monoisotopic (exact) mass is 310 g/mol. The number of aromatic nitrogens is 4. The fourth-order valence-electron chi connectivity index (χ4n) is 1.81. The van der Waals surface area contributed by atoms with E-state index in [4.69, 9.17) is 5.84 Å². The van der Waals surface area contributed by atoms with E-state index < -0.39 is 0 Å². The maximum atomic E-state index is 5.66. The summed E-state index contributed by atoms with van der Waals surface area (Å²) in [5.74, 6) is 5.66. The van der Waals surface area contributed by atoms with Crippen molar-refractivity contribution in [3.05, 3.63) is 40.6 Å². The van der Waals surface area contributed by atoms with Crippen molar-refractivity contribution in [2.75, 3.05) is 0 Å². The van der Waals surface area contributed by atoms with Crippen LogP contribution in [0.15, 0.2) is 29.3 Å². The van der Waals surface area contributed by atoms with Gasteiger partial charge in [0, 0.05) is 12.2 Å². The van der Waals surface area contributed by atoms with Gasteiger partial charge in [-0.2, -0.15) is 5.10 Å². The van der Waals surface area contributed by atoms with Crippen LogP contribution in [0.1, 0.15) is 37.3 Å². The highest BCUT2D eigenvalue weighted by Crippen LogP contribution is 2.28. The number of nitrogens with two attached hydrogens (primary N) is 1. The molecule has 1 unspecified atom stereocenters. The Kier molecular flexibility index (Phi) is 4.05. The summed E-state index contributed by atoms with van der Waals surface area (Å²) < 4.78 is 2.81. The van der Waals surface area contributed by atoms with Gasteiger partial charge < -0.3 is 0 Å². The molecule has 2 aromatic heterocycles. The van der Waals surface area contributed by atoms with Gasteiger partial charge >= 0.3 is 0 Å². The molecule has 18 heavy (non-hydrogen) atoms. The lowest BCUT2D eigenvalue weighted by Crippen LogP contribution is -2.32. The lowest BCUT2D eigenvalue weighted by atomic mass is 10.1. The highest BCUT2D eigenvalue weighted by atomic mass is 79.9. The first-order valence-corrected chi connectivity index (χ1v) is 6.39. The Morgan fingerprint density at radius 2 is 2.22 bits per heavy atom. The Morgan fingerprint density at radius 1 is 1.44 bits per heavy atom. The predicted octanol–water partition coefficient (Wildman–Crippen LogP) is 1.57. The molecule has 0 saturated heterocycles. The fourth-order valence-corrected chi connectivity index (χ4v) is 2.31. The van der Waals surface area contributed by atoms with Crippen molar-refractivity contribution in [3.8, 4) is 0 Å². The van der Waals surface area contributed by atoms with Crippen molar-refractivity contribution in [1.29, 1.82) is 0 Å². The van der Waals surface area contributed by atoms with Gasteiger partial charge in [-0.05, 0) is 35.8 Å². The summed E-state index contributed by atoms with van der Waals surface area (Å²) in [5, 5.41) is 4.34. The van der Waals surface area contributed by atoms with Gasteiger partial charge in [-0.1, -0.05) is 0 Å². The predicted molar refractivity (Wildman–Crippen MR) is 71.5 cm³/mol. The number of rotatable bonds is 4. The minimum Gasteiger partial charge on any atom is -0.270 e. The van der Waals surface area contributed by atoms with E-state index >= 15 is 0 Å². The minimum atomic E-state index is -0.229. The molecule has 0 fully saturated rings. The molecule has 0 aromatic carbocycles. The Balaban J connectivity index is 2.48. The van der Waals surface area contributed by atoms with Gasteiger partial charge in [0.15, 0.2) is 0 Å². The second kappa shape index (κ2) is 5.55. The molecule has 0 aliphatic heterocycles. The molecule has 0 aliphatic rings. The molecule has 0 radical (unpaired) electrons. The van der Waals surface area contributed by atoms with Crippen molar-refractivity contribution < 1.29 is 0 Å². The van der Waals surface area contributed by atoms with Crippen LogP contribution in [0.25, 0.3) is 0 Å². The summed E-state index contributed by atoms with van der Waals surface area (Å²) >= 11 is 3.50. The quantitative estimate of drug-likeness (QED) is 0.661. The van der Waals surface area contributed by atoms with Crippen LogP contribution >= 0.6 is 15.9 Å². The summed E-state index contributed by atoms with van der Waals surface area (Å²) in [7, 11) is 0. The third-order valence-electron chi connectivity index (χ3n) is 2.62. The highest BCUT2D eigenvalue weighted by molar-refractivity contribution is 9.10. The Bertz CT molecular complexity index is 510. The molecular weight excluding hydrogens is 296 g/mol. The molecule has 6 nitrogen and oxygen atoms in total.